The Balaban J connectivity index is 2.05. The fourth-order valence-electron chi connectivity index (χ4n) is 3.06. The van der Waals surface area contributed by atoms with Crippen LogP contribution in [0, 0.1) is 5.92 Å². The van der Waals surface area contributed by atoms with Crippen molar-refractivity contribution in [1.82, 2.24) is 9.55 Å². The summed E-state index contributed by atoms with van der Waals surface area (Å²) in [7, 11) is 0. The second-order valence-corrected chi connectivity index (χ2v) is 7.73. The highest BCUT2D eigenvalue weighted by molar-refractivity contribution is 7.18. The van der Waals surface area contributed by atoms with Gasteiger partial charge in [0.05, 0.1) is 17.8 Å². The van der Waals surface area contributed by atoms with Gasteiger partial charge in [0.15, 0.2) is 0 Å². The van der Waals surface area contributed by atoms with E-state index < -0.39 is 12.0 Å². The van der Waals surface area contributed by atoms with Crippen LogP contribution in [0.25, 0.3) is 10.2 Å². The first-order chi connectivity index (χ1) is 10.9. The molecule has 3 rings (SSSR count). The summed E-state index contributed by atoms with van der Waals surface area (Å²) in [6.45, 7) is 7.51. The Bertz CT molecular complexity index is 806. The molecular formula is C17H22N2O3S. The van der Waals surface area contributed by atoms with Crippen LogP contribution in [0.3, 0.4) is 0 Å². The molecule has 5 nitrogen and oxygen atoms in total. The van der Waals surface area contributed by atoms with Crippen molar-refractivity contribution in [3.8, 4) is 0 Å². The van der Waals surface area contributed by atoms with Gasteiger partial charge in [-0.1, -0.05) is 6.92 Å². The van der Waals surface area contributed by atoms with E-state index in [0.717, 1.165) is 29.7 Å². The number of fused-ring (bicyclic) bond motifs is 3. The van der Waals surface area contributed by atoms with Crippen molar-refractivity contribution >= 4 is 27.5 Å². The van der Waals surface area contributed by atoms with E-state index in [1.165, 1.54) is 15.8 Å². The number of thiophene rings is 1. The Hall–Kier alpha value is -1.69. The monoisotopic (exact) mass is 334 g/mol. The first kappa shape index (κ1) is 16.2. The SMILES string of the molecule is CC(C)OC(=O)[C@@H](C)n1cnc2sc3c(c2c1=O)CC[C@H](C)C3. The molecule has 0 N–H and O–H groups in total. The molecular weight excluding hydrogens is 312 g/mol. The summed E-state index contributed by atoms with van der Waals surface area (Å²) in [5.41, 5.74) is 1.01. The summed E-state index contributed by atoms with van der Waals surface area (Å²) in [4.78, 5) is 31.5. The zero-order chi connectivity index (χ0) is 16.7. The Morgan fingerprint density at radius 2 is 2.17 bits per heavy atom. The number of esters is 1. The van der Waals surface area contributed by atoms with Gasteiger partial charge in [0, 0.05) is 4.88 Å². The number of rotatable bonds is 3. The summed E-state index contributed by atoms with van der Waals surface area (Å²) in [5.74, 6) is 0.249. The Kier molecular flexibility index (Phi) is 4.27. The van der Waals surface area contributed by atoms with E-state index in [1.807, 2.05) is 0 Å². The molecule has 23 heavy (non-hydrogen) atoms. The van der Waals surface area contributed by atoms with Gasteiger partial charge in [0.2, 0.25) is 0 Å². The first-order valence-corrected chi connectivity index (χ1v) is 8.92. The van der Waals surface area contributed by atoms with E-state index >= 15 is 0 Å². The van der Waals surface area contributed by atoms with Gasteiger partial charge in [-0.3, -0.25) is 9.36 Å². The molecule has 6 heteroatoms. The number of aromatic nitrogens is 2. The van der Waals surface area contributed by atoms with Crippen LogP contribution in [0.2, 0.25) is 0 Å². The van der Waals surface area contributed by atoms with Crippen molar-refractivity contribution in [3.63, 3.8) is 0 Å². The number of ether oxygens (including phenoxy) is 1. The van der Waals surface area contributed by atoms with Gasteiger partial charge >= 0.3 is 5.97 Å². The van der Waals surface area contributed by atoms with E-state index in [4.69, 9.17) is 4.74 Å². The van der Waals surface area contributed by atoms with Crippen LogP contribution in [0.15, 0.2) is 11.1 Å². The molecule has 0 bridgehead atoms. The standard InChI is InChI=1S/C17H22N2O3S/c1-9(2)22-17(21)11(4)19-8-18-15-14(16(19)20)12-6-5-10(3)7-13(12)23-15/h8-11H,5-7H2,1-4H3/t10-,11+/m0/s1. The molecule has 2 heterocycles. The van der Waals surface area contributed by atoms with Crippen LogP contribution in [-0.4, -0.2) is 21.6 Å². The molecule has 0 unspecified atom stereocenters. The maximum absolute atomic E-state index is 12.9. The van der Waals surface area contributed by atoms with Crippen LogP contribution in [0.4, 0.5) is 0 Å². The largest absolute Gasteiger partial charge is 0.461 e. The van der Waals surface area contributed by atoms with Gasteiger partial charge in [-0.2, -0.15) is 0 Å². The van der Waals surface area contributed by atoms with Crippen LogP contribution in [0.5, 0.6) is 0 Å². The molecule has 0 amide bonds. The fourth-order valence-corrected chi connectivity index (χ4v) is 4.41. The molecule has 0 saturated heterocycles. The number of nitrogens with zero attached hydrogens (tertiary/aromatic N) is 2. The van der Waals surface area contributed by atoms with Crippen LogP contribution < -0.4 is 5.56 Å². The van der Waals surface area contributed by atoms with Gasteiger partial charge in [0.25, 0.3) is 5.56 Å². The third-order valence-corrected chi connectivity index (χ3v) is 5.51. The molecule has 2 aromatic rings. The van der Waals surface area contributed by atoms with Crippen molar-refractivity contribution in [1.29, 1.82) is 0 Å². The molecule has 2 atom stereocenters. The maximum atomic E-state index is 12.9. The van der Waals surface area contributed by atoms with Gasteiger partial charge < -0.3 is 4.74 Å². The highest BCUT2D eigenvalue weighted by Gasteiger charge is 2.25. The summed E-state index contributed by atoms with van der Waals surface area (Å²) < 4.78 is 6.62. The molecule has 1 aliphatic carbocycles. The number of carbonyl (C=O) groups excluding carboxylic acids is 1. The van der Waals surface area contributed by atoms with E-state index in [9.17, 15) is 9.59 Å². The summed E-state index contributed by atoms with van der Waals surface area (Å²) in [5, 5.41) is 0.698. The van der Waals surface area contributed by atoms with E-state index in [2.05, 4.69) is 11.9 Å². The van der Waals surface area contributed by atoms with Gasteiger partial charge in [-0.05, 0) is 51.5 Å². The zero-order valence-corrected chi connectivity index (χ0v) is 14.8. The van der Waals surface area contributed by atoms with E-state index in [0.29, 0.717) is 11.3 Å². The second-order valence-electron chi connectivity index (χ2n) is 6.65. The molecule has 2 aromatic heterocycles. The van der Waals surface area contributed by atoms with Crippen molar-refractivity contribution in [2.75, 3.05) is 0 Å². The van der Waals surface area contributed by atoms with E-state index in [1.54, 1.807) is 32.1 Å². The zero-order valence-electron chi connectivity index (χ0n) is 14.0. The van der Waals surface area contributed by atoms with Crippen LogP contribution >= 0.6 is 11.3 Å². The van der Waals surface area contributed by atoms with Crippen LogP contribution in [0.1, 0.15) is 50.6 Å². The highest BCUT2D eigenvalue weighted by Crippen LogP contribution is 2.35. The lowest BCUT2D eigenvalue weighted by molar-refractivity contribution is -0.151. The quantitative estimate of drug-likeness (QED) is 0.809. The lowest BCUT2D eigenvalue weighted by Gasteiger charge is -2.18. The van der Waals surface area contributed by atoms with Gasteiger partial charge in [0.1, 0.15) is 10.9 Å². The molecule has 0 saturated carbocycles. The van der Waals surface area contributed by atoms with Gasteiger partial charge in [-0.25, -0.2) is 9.78 Å². The summed E-state index contributed by atoms with van der Waals surface area (Å²) in [6.07, 6.45) is 4.30. The lowest BCUT2D eigenvalue weighted by Crippen LogP contribution is -2.31. The lowest BCUT2D eigenvalue weighted by atomic mass is 9.89. The third-order valence-electron chi connectivity index (χ3n) is 4.35. The number of hydrogen-bond acceptors (Lipinski definition) is 5. The molecule has 0 radical (unpaired) electrons. The summed E-state index contributed by atoms with van der Waals surface area (Å²) in [6, 6.07) is -0.667. The predicted molar refractivity (Wildman–Crippen MR) is 91.0 cm³/mol. The van der Waals surface area contributed by atoms with E-state index in [-0.39, 0.29) is 11.7 Å². The number of carbonyl (C=O) groups is 1. The van der Waals surface area contributed by atoms with Crippen molar-refractivity contribution in [3.05, 3.63) is 27.1 Å². The second kappa shape index (κ2) is 6.07. The molecule has 0 spiro atoms. The third kappa shape index (κ3) is 2.92. The molecule has 1 aliphatic rings. The minimum Gasteiger partial charge on any atom is -0.461 e. The first-order valence-electron chi connectivity index (χ1n) is 8.10. The molecule has 0 aromatic carbocycles. The molecule has 0 aliphatic heterocycles. The van der Waals surface area contributed by atoms with Crippen molar-refractivity contribution in [2.45, 2.75) is 59.1 Å². The normalized spacial score (nSPS) is 18.9. The van der Waals surface area contributed by atoms with Gasteiger partial charge in [-0.15, -0.1) is 11.3 Å². The number of hydrogen-bond donors (Lipinski definition) is 0. The predicted octanol–water partition coefficient (Wildman–Crippen LogP) is 3.10. The minimum atomic E-state index is -0.667. The Labute approximate surface area is 139 Å². The fraction of sp³-hybridized carbons (Fsp3) is 0.588. The summed E-state index contributed by atoms with van der Waals surface area (Å²) >= 11 is 1.62. The Morgan fingerprint density at radius 3 is 2.87 bits per heavy atom. The highest BCUT2D eigenvalue weighted by atomic mass is 32.1. The van der Waals surface area contributed by atoms with Crippen molar-refractivity contribution in [2.24, 2.45) is 5.92 Å². The average Bonchev–Trinajstić information content (AvgIpc) is 2.84. The van der Waals surface area contributed by atoms with Crippen molar-refractivity contribution < 1.29 is 9.53 Å². The molecule has 124 valence electrons. The van der Waals surface area contributed by atoms with Crippen LogP contribution in [-0.2, 0) is 22.4 Å². The average molecular weight is 334 g/mol. The number of aryl methyl sites for hydroxylation is 1. The smallest absolute Gasteiger partial charge is 0.329 e. The minimum absolute atomic E-state index is 0.129. The maximum Gasteiger partial charge on any atom is 0.329 e. The topological polar surface area (TPSA) is 61.2 Å². The Morgan fingerprint density at radius 1 is 1.43 bits per heavy atom. The molecule has 0 fully saturated rings.